The van der Waals surface area contributed by atoms with Gasteiger partial charge in [0.05, 0.1) is 11.1 Å². The average molecular weight is 329 g/mol. The fraction of sp³-hybridized carbons (Fsp3) is 0.150. The van der Waals surface area contributed by atoms with Gasteiger partial charge in [-0.2, -0.15) is 5.26 Å². The van der Waals surface area contributed by atoms with Gasteiger partial charge in [0.2, 0.25) is 0 Å². The monoisotopic (exact) mass is 329 g/mol. The molecule has 0 unspecified atom stereocenters. The molecular weight excluding hydrogens is 314 g/mol. The number of aromatic amines is 1. The van der Waals surface area contributed by atoms with Crippen LogP contribution >= 0.6 is 0 Å². The van der Waals surface area contributed by atoms with Crippen molar-refractivity contribution in [2.75, 3.05) is 0 Å². The zero-order valence-corrected chi connectivity index (χ0v) is 13.5. The number of nitriles is 1. The maximum absolute atomic E-state index is 12.2. The Bertz CT molecular complexity index is 985. The van der Waals surface area contributed by atoms with Crippen molar-refractivity contribution in [3.8, 4) is 17.6 Å². The molecule has 1 aromatic heterocycles. The topological polar surface area (TPSA) is 78.8 Å². The third kappa shape index (κ3) is 2.90. The van der Waals surface area contributed by atoms with Gasteiger partial charge in [-0.3, -0.25) is 4.79 Å². The van der Waals surface area contributed by atoms with Crippen molar-refractivity contribution in [1.82, 2.24) is 9.97 Å². The largest absolute Gasteiger partial charge is 0.455 e. The highest BCUT2D eigenvalue weighted by Crippen LogP contribution is 2.35. The van der Waals surface area contributed by atoms with Crippen LogP contribution in [0.4, 0.5) is 0 Å². The van der Waals surface area contributed by atoms with Gasteiger partial charge < -0.3 is 9.72 Å². The van der Waals surface area contributed by atoms with Crippen molar-refractivity contribution in [1.29, 1.82) is 5.26 Å². The molecule has 4 rings (SSSR count). The number of aromatic nitrogens is 2. The Morgan fingerprint density at radius 1 is 1.20 bits per heavy atom. The second kappa shape index (κ2) is 6.25. The predicted octanol–water partition coefficient (Wildman–Crippen LogP) is 3.79. The smallest absolute Gasteiger partial charge is 0.167 e. The van der Waals surface area contributed by atoms with E-state index in [9.17, 15) is 10.1 Å². The Labute approximate surface area is 144 Å². The number of hydrogen-bond donors (Lipinski definition) is 1. The minimum Gasteiger partial charge on any atom is -0.455 e. The first-order valence-electron chi connectivity index (χ1n) is 8.09. The minimum absolute atomic E-state index is 0.0934. The predicted molar refractivity (Wildman–Crippen MR) is 91.7 cm³/mol. The number of carbonyl (C=O) groups is 1. The van der Waals surface area contributed by atoms with Crippen molar-refractivity contribution >= 4 is 5.78 Å². The molecule has 1 aliphatic rings. The van der Waals surface area contributed by atoms with Gasteiger partial charge in [-0.1, -0.05) is 18.2 Å². The molecule has 2 aromatic carbocycles. The second-order valence-corrected chi connectivity index (χ2v) is 5.97. The van der Waals surface area contributed by atoms with Crippen molar-refractivity contribution in [3.05, 3.63) is 76.9 Å². The highest BCUT2D eigenvalue weighted by atomic mass is 16.5. The highest BCUT2D eigenvalue weighted by molar-refractivity contribution is 6.03. The van der Waals surface area contributed by atoms with E-state index in [1.165, 1.54) is 0 Å². The summed E-state index contributed by atoms with van der Waals surface area (Å²) in [6.07, 6.45) is 5.35. The minimum atomic E-state index is 0.0934. The van der Waals surface area contributed by atoms with E-state index in [1.54, 1.807) is 24.5 Å². The number of ketones is 1. The summed E-state index contributed by atoms with van der Waals surface area (Å²) in [6.45, 7) is 0. The molecule has 1 N–H and O–H groups in total. The van der Waals surface area contributed by atoms with Gasteiger partial charge in [0.15, 0.2) is 5.78 Å². The van der Waals surface area contributed by atoms with Crippen LogP contribution in [0.2, 0.25) is 0 Å². The summed E-state index contributed by atoms with van der Waals surface area (Å²) in [6, 6.07) is 13.2. The standard InChI is InChI=1S/C20H15N3O2/c21-12-15-5-4-13(11-19-22-8-9-23-19)10-18(15)25-17-3-1-2-14-6-7-16(24)20(14)17/h1-5,8-10H,6-7,11H2,(H,22,23). The Balaban J connectivity index is 1.69. The number of hydrogen-bond acceptors (Lipinski definition) is 4. The number of benzene rings is 2. The number of fused-ring (bicyclic) bond motifs is 1. The first-order valence-corrected chi connectivity index (χ1v) is 8.09. The number of Topliss-reactive ketones (excluding diaryl/α,β-unsaturated/α-hetero) is 1. The van der Waals surface area contributed by atoms with E-state index >= 15 is 0 Å². The molecule has 3 aromatic rings. The van der Waals surface area contributed by atoms with E-state index < -0.39 is 0 Å². The quantitative estimate of drug-likeness (QED) is 0.790. The zero-order chi connectivity index (χ0) is 17.2. The average Bonchev–Trinajstić information content (AvgIpc) is 3.26. The maximum atomic E-state index is 12.2. The van der Waals surface area contributed by atoms with E-state index in [1.807, 2.05) is 24.3 Å². The number of nitrogens with zero attached hydrogens (tertiary/aromatic N) is 2. The van der Waals surface area contributed by atoms with Crippen LogP contribution in [-0.4, -0.2) is 15.8 Å². The maximum Gasteiger partial charge on any atom is 0.167 e. The molecule has 0 aliphatic heterocycles. The number of aryl methyl sites for hydroxylation is 1. The summed E-state index contributed by atoms with van der Waals surface area (Å²) < 4.78 is 6.00. The van der Waals surface area contributed by atoms with Crippen LogP contribution in [0.15, 0.2) is 48.8 Å². The molecule has 5 heteroatoms. The summed E-state index contributed by atoms with van der Waals surface area (Å²) in [5.74, 6) is 1.91. The van der Waals surface area contributed by atoms with E-state index in [0.29, 0.717) is 35.5 Å². The molecule has 25 heavy (non-hydrogen) atoms. The number of nitrogens with one attached hydrogen (secondary N) is 1. The number of carbonyl (C=O) groups excluding carboxylic acids is 1. The number of ether oxygens (including phenoxy) is 1. The molecule has 0 fully saturated rings. The van der Waals surface area contributed by atoms with Crippen LogP contribution in [0.1, 0.15) is 39.3 Å². The summed E-state index contributed by atoms with van der Waals surface area (Å²) in [5, 5.41) is 9.37. The summed E-state index contributed by atoms with van der Waals surface area (Å²) in [7, 11) is 0. The molecule has 1 heterocycles. The third-order valence-corrected chi connectivity index (χ3v) is 4.33. The van der Waals surface area contributed by atoms with E-state index in [4.69, 9.17) is 4.74 Å². The lowest BCUT2D eigenvalue weighted by molar-refractivity contribution is 0.0992. The van der Waals surface area contributed by atoms with Crippen molar-refractivity contribution < 1.29 is 9.53 Å². The van der Waals surface area contributed by atoms with Gasteiger partial charge >= 0.3 is 0 Å². The van der Waals surface area contributed by atoms with E-state index in [-0.39, 0.29) is 5.78 Å². The Morgan fingerprint density at radius 2 is 2.12 bits per heavy atom. The Hall–Kier alpha value is -3.39. The normalized spacial score (nSPS) is 12.7. The lowest BCUT2D eigenvalue weighted by atomic mass is 10.1. The number of H-pyrrole nitrogens is 1. The Morgan fingerprint density at radius 3 is 2.92 bits per heavy atom. The first kappa shape index (κ1) is 15.2. The number of rotatable bonds is 4. The zero-order valence-electron chi connectivity index (χ0n) is 13.5. The van der Waals surface area contributed by atoms with Gasteiger partial charge in [0.25, 0.3) is 0 Å². The second-order valence-electron chi connectivity index (χ2n) is 5.97. The molecule has 0 saturated carbocycles. The van der Waals surface area contributed by atoms with E-state index in [2.05, 4.69) is 16.0 Å². The molecular formula is C20H15N3O2. The molecule has 0 bridgehead atoms. The van der Waals surface area contributed by atoms with Crippen molar-refractivity contribution in [3.63, 3.8) is 0 Å². The fourth-order valence-corrected chi connectivity index (χ4v) is 3.12. The van der Waals surface area contributed by atoms with Crippen LogP contribution in [0.25, 0.3) is 0 Å². The summed E-state index contributed by atoms with van der Waals surface area (Å²) in [4.78, 5) is 19.4. The molecule has 0 atom stereocenters. The van der Waals surface area contributed by atoms with Crippen LogP contribution in [-0.2, 0) is 12.8 Å². The fourth-order valence-electron chi connectivity index (χ4n) is 3.12. The third-order valence-electron chi connectivity index (χ3n) is 4.33. The molecule has 0 amide bonds. The molecule has 5 nitrogen and oxygen atoms in total. The number of imidazole rings is 1. The van der Waals surface area contributed by atoms with Crippen molar-refractivity contribution in [2.45, 2.75) is 19.3 Å². The lowest BCUT2D eigenvalue weighted by Gasteiger charge is -2.12. The summed E-state index contributed by atoms with van der Waals surface area (Å²) >= 11 is 0. The van der Waals surface area contributed by atoms with Crippen molar-refractivity contribution in [2.24, 2.45) is 0 Å². The van der Waals surface area contributed by atoms with E-state index in [0.717, 1.165) is 23.4 Å². The lowest BCUT2D eigenvalue weighted by Crippen LogP contribution is -1.99. The Kier molecular flexibility index (Phi) is 3.79. The first-order chi connectivity index (χ1) is 12.2. The van der Waals surface area contributed by atoms with Gasteiger partial charge in [-0.05, 0) is 35.7 Å². The van der Waals surface area contributed by atoms with Crippen LogP contribution in [0.5, 0.6) is 11.5 Å². The molecule has 1 aliphatic carbocycles. The van der Waals surface area contributed by atoms with Gasteiger partial charge in [-0.15, -0.1) is 0 Å². The van der Waals surface area contributed by atoms with Crippen LogP contribution in [0, 0.1) is 11.3 Å². The van der Waals surface area contributed by atoms with Gasteiger partial charge in [-0.25, -0.2) is 4.98 Å². The summed E-state index contributed by atoms with van der Waals surface area (Å²) in [5.41, 5.74) is 3.06. The SMILES string of the molecule is N#Cc1ccc(Cc2ncc[nH]2)cc1Oc1cccc2c1C(=O)CC2. The molecule has 0 spiro atoms. The van der Waals surface area contributed by atoms with Crippen LogP contribution < -0.4 is 4.74 Å². The molecule has 0 radical (unpaired) electrons. The highest BCUT2D eigenvalue weighted by Gasteiger charge is 2.24. The molecule has 122 valence electrons. The van der Waals surface area contributed by atoms with Gasteiger partial charge in [0, 0.05) is 25.2 Å². The van der Waals surface area contributed by atoms with Gasteiger partial charge in [0.1, 0.15) is 23.4 Å². The molecule has 0 saturated heterocycles. The van der Waals surface area contributed by atoms with Crippen LogP contribution in [0.3, 0.4) is 0 Å².